The summed E-state index contributed by atoms with van der Waals surface area (Å²) in [6, 6.07) is 9.00. The van der Waals surface area contributed by atoms with Gasteiger partial charge in [-0.15, -0.1) is 0 Å². The summed E-state index contributed by atoms with van der Waals surface area (Å²) in [6.07, 6.45) is 3.83. The van der Waals surface area contributed by atoms with E-state index in [2.05, 4.69) is 43.0 Å². The summed E-state index contributed by atoms with van der Waals surface area (Å²) in [6.45, 7) is 8.02. The number of hydrogen-bond donors (Lipinski definition) is 1. The molecule has 2 N–H and O–H groups in total. The van der Waals surface area contributed by atoms with Gasteiger partial charge in [0.1, 0.15) is 0 Å². The molecule has 0 bridgehead atoms. The van der Waals surface area contributed by atoms with Crippen molar-refractivity contribution in [2.75, 3.05) is 26.2 Å². The Hall–Kier alpha value is -0.900. The van der Waals surface area contributed by atoms with Crippen molar-refractivity contribution in [3.63, 3.8) is 0 Å². The first-order valence-corrected chi connectivity index (χ1v) is 7.93. The number of ether oxygens (including phenoxy) is 1. The highest BCUT2D eigenvalue weighted by Gasteiger charge is 2.24. The molecule has 1 aliphatic rings. The maximum atomic E-state index is 6.10. The Morgan fingerprint density at radius 2 is 2.15 bits per heavy atom. The SMILES string of the molecule is CCc1ccccc1C(CN)N(CC)CC1CCCO1. The zero-order valence-corrected chi connectivity index (χ0v) is 12.8. The highest BCUT2D eigenvalue weighted by atomic mass is 16.5. The summed E-state index contributed by atoms with van der Waals surface area (Å²) in [4.78, 5) is 2.48. The minimum Gasteiger partial charge on any atom is -0.377 e. The Labute approximate surface area is 123 Å². The van der Waals surface area contributed by atoms with Crippen LogP contribution >= 0.6 is 0 Å². The van der Waals surface area contributed by atoms with Crippen LogP contribution in [0.4, 0.5) is 0 Å². The number of hydrogen-bond acceptors (Lipinski definition) is 3. The molecular formula is C17H28N2O. The van der Waals surface area contributed by atoms with Crippen molar-refractivity contribution in [2.24, 2.45) is 5.73 Å². The summed E-state index contributed by atoms with van der Waals surface area (Å²) in [5.74, 6) is 0. The van der Waals surface area contributed by atoms with Gasteiger partial charge < -0.3 is 10.5 Å². The van der Waals surface area contributed by atoms with E-state index in [4.69, 9.17) is 10.5 Å². The van der Waals surface area contributed by atoms with Crippen molar-refractivity contribution in [3.05, 3.63) is 35.4 Å². The van der Waals surface area contributed by atoms with E-state index in [9.17, 15) is 0 Å². The number of nitrogens with two attached hydrogens (primary N) is 1. The van der Waals surface area contributed by atoms with Crippen LogP contribution in [0.2, 0.25) is 0 Å². The second-order valence-electron chi connectivity index (χ2n) is 5.53. The standard InChI is InChI=1S/C17H28N2O/c1-3-14-8-5-6-10-16(14)17(12-18)19(4-2)13-15-9-7-11-20-15/h5-6,8,10,15,17H,3-4,7,9,11-13,18H2,1-2H3. The molecule has 3 nitrogen and oxygen atoms in total. The molecule has 2 rings (SSSR count). The molecule has 0 radical (unpaired) electrons. The van der Waals surface area contributed by atoms with Crippen LogP contribution < -0.4 is 5.73 Å². The lowest BCUT2D eigenvalue weighted by Crippen LogP contribution is -2.39. The molecule has 0 saturated carbocycles. The van der Waals surface area contributed by atoms with Crippen LogP contribution in [0.15, 0.2) is 24.3 Å². The van der Waals surface area contributed by atoms with E-state index < -0.39 is 0 Å². The minimum absolute atomic E-state index is 0.306. The highest BCUT2D eigenvalue weighted by Crippen LogP contribution is 2.25. The molecule has 3 heteroatoms. The van der Waals surface area contributed by atoms with Gasteiger partial charge >= 0.3 is 0 Å². The zero-order valence-electron chi connectivity index (χ0n) is 12.8. The number of benzene rings is 1. The average Bonchev–Trinajstić information content (AvgIpc) is 3.00. The van der Waals surface area contributed by atoms with Crippen molar-refractivity contribution < 1.29 is 4.74 Å². The van der Waals surface area contributed by atoms with Gasteiger partial charge in [-0.3, -0.25) is 4.90 Å². The average molecular weight is 276 g/mol. The van der Waals surface area contributed by atoms with Gasteiger partial charge in [0.05, 0.1) is 6.10 Å². The van der Waals surface area contributed by atoms with E-state index in [1.807, 2.05) is 0 Å². The Morgan fingerprint density at radius 1 is 1.35 bits per heavy atom. The van der Waals surface area contributed by atoms with Gasteiger partial charge in [0.15, 0.2) is 0 Å². The third-order valence-electron chi connectivity index (χ3n) is 4.33. The molecule has 112 valence electrons. The van der Waals surface area contributed by atoms with Crippen molar-refractivity contribution in [3.8, 4) is 0 Å². The van der Waals surface area contributed by atoms with Crippen LogP contribution in [0.3, 0.4) is 0 Å². The lowest BCUT2D eigenvalue weighted by molar-refractivity contribution is 0.0600. The number of likely N-dealkylation sites (N-methyl/N-ethyl adjacent to an activating group) is 1. The normalized spacial score (nSPS) is 20.5. The fraction of sp³-hybridized carbons (Fsp3) is 0.647. The van der Waals surface area contributed by atoms with Gasteiger partial charge in [-0.25, -0.2) is 0 Å². The van der Waals surface area contributed by atoms with E-state index >= 15 is 0 Å². The van der Waals surface area contributed by atoms with Crippen LogP contribution in [0.5, 0.6) is 0 Å². The van der Waals surface area contributed by atoms with E-state index in [1.165, 1.54) is 24.0 Å². The van der Waals surface area contributed by atoms with Crippen LogP contribution in [-0.4, -0.2) is 37.2 Å². The third-order valence-corrected chi connectivity index (χ3v) is 4.33. The van der Waals surface area contributed by atoms with E-state index in [-0.39, 0.29) is 0 Å². The molecule has 1 aromatic rings. The molecule has 1 aromatic carbocycles. The monoisotopic (exact) mass is 276 g/mol. The van der Waals surface area contributed by atoms with E-state index in [1.54, 1.807) is 0 Å². The lowest BCUT2D eigenvalue weighted by atomic mass is 9.97. The third kappa shape index (κ3) is 3.60. The summed E-state index contributed by atoms with van der Waals surface area (Å²) in [5.41, 5.74) is 8.89. The van der Waals surface area contributed by atoms with Gasteiger partial charge in [0, 0.05) is 25.7 Å². The van der Waals surface area contributed by atoms with Crippen LogP contribution in [0.1, 0.15) is 43.9 Å². The lowest BCUT2D eigenvalue weighted by Gasteiger charge is -2.33. The summed E-state index contributed by atoms with van der Waals surface area (Å²) < 4.78 is 5.79. The largest absolute Gasteiger partial charge is 0.377 e. The van der Waals surface area contributed by atoms with Gasteiger partial charge in [-0.05, 0) is 36.9 Å². The van der Waals surface area contributed by atoms with Crippen LogP contribution in [0.25, 0.3) is 0 Å². The topological polar surface area (TPSA) is 38.5 Å². The smallest absolute Gasteiger partial charge is 0.0703 e. The summed E-state index contributed by atoms with van der Waals surface area (Å²) in [5, 5.41) is 0. The predicted molar refractivity (Wildman–Crippen MR) is 83.8 cm³/mol. The maximum Gasteiger partial charge on any atom is 0.0703 e. The quantitative estimate of drug-likeness (QED) is 0.832. The van der Waals surface area contributed by atoms with Gasteiger partial charge in [0.25, 0.3) is 0 Å². The predicted octanol–water partition coefficient (Wildman–Crippen LogP) is 2.75. The fourth-order valence-corrected chi connectivity index (χ4v) is 3.18. The van der Waals surface area contributed by atoms with Crippen molar-refractivity contribution in [2.45, 2.75) is 45.3 Å². The van der Waals surface area contributed by atoms with Gasteiger partial charge in [0.2, 0.25) is 0 Å². The maximum absolute atomic E-state index is 6.10. The number of nitrogens with zero attached hydrogens (tertiary/aromatic N) is 1. The Bertz CT molecular complexity index is 402. The molecule has 0 aliphatic carbocycles. The minimum atomic E-state index is 0.306. The van der Waals surface area contributed by atoms with E-state index in [0.29, 0.717) is 18.7 Å². The number of rotatable bonds is 7. The van der Waals surface area contributed by atoms with Crippen LogP contribution in [0, 0.1) is 0 Å². The summed E-state index contributed by atoms with van der Waals surface area (Å²) >= 11 is 0. The highest BCUT2D eigenvalue weighted by molar-refractivity contribution is 5.30. The first-order chi connectivity index (χ1) is 9.80. The second kappa shape index (κ2) is 7.77. The van der Waals surface area contributed by atoms with Crippen molar-refractivity contribution in [1.29, 1.82) is 0 Å². The van der Waals surface area contributed by atoms with Gasteiger partial charge in [-0.1, -0.05) is 38.1 Å². The molecule has 0 aromatic heterocycles. The Morgan fingerprint density at radius 3 is 2.75 bits per heavy atom. The van der Waals surface area contributed by atoms with Crippen molar-refractivity contribution >= 4 is 0 Å². The van der Waals surface area contributed by atoms with Gasteiger partial charge in [-0.2, -0.15) is 0 Å². The molecule has 1 aliphatic heterocycles. The summed E-state index contributed by atoms with van der Waals surface area (Å²) in [7, 11) is 0. The first kappa shape index (κ1) is 15.5. The second-order valence-corrected chi connectivity index (χ2v) is 5.53. The molecule has 2 unspecified atom stereocenters. The molecule has 2 atom stereocenters. The van der Waals surface area contributed by atoms with Crippen molar-refractivity contribution in [1.82, 2.24) is 4.90 Å². The molecule has 1 saturated heterocycles. The molecule has 1 fully saturated rings. The molecule has 0 amide bonds. The van der Waals surface area contributed by atoms with E-state index in [0.717, 1.165) is 26.1 Å². The number of aryl methyl sites for hydroxylation is 1. The Kier molecular flexibility index (Phi) is 6.02. The zero-order chi connectivity index (χ0) is 14.4. The Balaban J connectivity index is 2.15. The molecule has 20 heavy (non-hydrogen) atoms. The molecular weight excluding hydrogens is 248 g/mol. The molecule has 0 spiro atoms. The fourth-order valence-electron chi connectivity index (χ4n) is 3.18. The van der Waals surface area contributed by atoms with Crippen LogP contribution in [-0.2, 0) is 11.2 Å². The molecule has 1 heterocycles. The first-order valence-electron chi connectivity index (χ1n) is 7.93.